The van der Waals surface area contributed by atoms with E-state index in [9.17, 15) is 9.59 Å². The minimum Gasteiger partial charge on any atom is -0.353 e. The monoisotopic (exact) mass is 369 g/mol. The molecule has 2 amide bonds. The first-order valence-corrected chi connectivity index (χ1v) is 8.80. The van der Waals surface area contributed by atoms with Gasteiger partial charge in [0.25, 0.3) is 5.91 Å². The summed E-state index contributed by atoms with van der Waals surface area (Å²) in [5.41, 5.74) is 1.52. The highest BCUT2D eigenvalue weighted by Crippen LogP contribution is 2.10. The average Bonchev–Trinajstić information content (AvgIpc) is 2.53. The summed E-state index contributed by atoms with van der Waals surface area (Å²) in [6.45, 7) is 10.3. The molecule has 5 nitrogen and oxygen atoms in total. The van der Waals surface area contributed by atoms with E-state index < -0.39 is 6.04 Å². The van der Waals surface area contributed by atoms with E-state index in [2.05, 4.69) is 22.9 Å². The number of hydrogen-bond donors (Lipinski definition) is 3. The van der Waals surface area contributed by atoms with Crippen molar-refractivity contribution in [1.82, 2.24) is 16.0 Å². The zero-order chi connectivity index (χ0) is 17.9. The van der Waals surface area contributed by atoms with Crippen LogP contribution in [0.2, 0.25) is 0 Å². The molecular weight excluding hydrogens is 338 g/mol. The molecule has 0 aliphatic heterocycles. The molecule has 0 aliphatic carbocycles. The first-order chi connectivity index (χ1) is 11.5. The molecule has 6 heteroatoms. The van der Waals surface area contributed by atoms with Crippen LogP contribution < -0.4 is 16.0 Å². The van der Waals surface area contributed by atoms with Crippen molar-refractivity contribution in [3.05, 3.63) is 35.4 Å². The number of rotatable bonds is 10. The lowest BCUT2D eigenvalue weighted by Crippen LogP contribution is -2.48. The lowest BCUT2D eigenvalue weighted by molar-refractivity contribution is -0.123. The fourth-order valence-corrected chi connectivity index (χ4v) is 2.47. The summed E-state index contributed by atoms with van der Waals surface area (Å²) in [4.78, 5) is 24.9. The van der Waals surface area contributed by atoms with Crippen LogP contribution in [0.15, 0.2) is 24.3 Å². The summed E-state index contributed by atoms with van der Waals surface area (Å²) in [5, 5.41) is 9.03. The fraction of sp³-hybridized carbons (Fsp3) is 0.579. The van der Waals surface area contributed by atoms with Crippen molar-refractivity contribution in [2.24, 2.45) is 5.92 Å². The van der Waals surface area contributed by atoms with Crippen molar-refractivity contribution in [3.63, 3.8) is 0 Å². The van der Waals surface area contributed by atoms with Gasteiger partial charge < -0.3 is 16.0 Å². The molecule has 0 bridgehead atoms. The van der Waals surface area contributed by atoms with Crippen LogP contribution in [-0.2, 0) is 4.79 Å². The predicted molar refractivity (Wildman–Crippen MR) is 105 cm³/mol. The Morgan fingerprint density at radius 1 is 1.08 bits per heavy atom. The number of halogens is 1. The van der Waals surface area contributed by atoms with Crippen LogP contribution in [-0.4, -0.2) is 37.5 Å². The maximum Gasteiger partial charge on any atom is 0.252 e. The van der Waals surface area contributed by atoms with Crippen LogP contribution in [0.3, 0.4) is 0 Å². The summed E-state index contributed by atoms with van der Waals surface area (Å²) >= 11 is 0. The molecule has 0 saturated heterocycles. The normalized spacial score (nSPS) is 11.6. The Bertz CT molecular complexity index is 535. The fourth-order valence-electron chi connectivity index (χ4n) is 2.47. The van der Waals surface area contributed by atoms with Gasteiger partial charge in [0.05, 0.1) is 0 Å². The lowest BCUT2D eigenvalue weighted by Gasteiger charge is -2.21. The van der Waals surface area contributed by atoms with E-state index in [0.29, 0.717) is 24.4 Å². The summed E-state index contributed by atoms with van der Waals surface area (Å²) in [6, 6.07) is 6.89. The molecule has 0 radical (unpaired) electrons. The molecule has 1 aromatic rings. The molecule has 3 N–H and O–H groups in total. The van der Waals surface area contributed by atoms with Crippen LogP contribution in [0.4, 0.5) is 0 Å². The van der Waals surface area contributed by atoms with Crippen LogP contribution in [0.1, 0.15) is 49.5 Å². The molecule has 0 aromatic heterocycles. The first kappa shape index (κ1) is 23.4. The summed E-state index contributed by atoms with van der Waals surface area (Å²) < 4.78 is 0. The van der Waals surface area contributed by atoms with Gasteiger partial charge >= 0.3 is 0 Å². The molecule has 1 aromatic carbocycles. The Labute approximate surface area is 157 Å². The Balaban J connectivity index is 0.00000576. The summed E-state index contributed by atoms with van der Waals surface area (Å²) in [7, 11) is 0. The molecule has 0 spiro atoms. The second kappa shape index (κ2) is 12.7. The van der Waals surface area contributed by atoms with Gasteiger partial charge in [0, 0.05) is 18.7 Å². The molecule has 0 aliphatic rings. The Kier molecular flexibility index (Phi) is 11.9. The maximum atomic E-state index is 12.5. The van der Waals surface area contributed by atoms with Gasteiger partial charge in [-0.3, -0.25) is 9.59 Å². The minimum absolute atomic E-state index is 0. The molecule has 1 atom stereocenters. The number of hydrogen-bond acceptors (Lipinski definition) is 3. The topological polar surface area (TPSA) is 70.2 Å². The standard InChI is InChI=1S/C19H31N3O2.ClH/c1-5-10-20-11-12-21-19(24)17(13-14(2)3)22-18(23)16-9-7-6-8-15(16)4;/h6-9,14,17,20H,5,10-13H2,1-4H3,(H,21,24)(H,22,23);1H. The predicted octanol–water partition coefficient (Wildman–Crippen LogP) is 2.68. The first-order valence-electron chi connectivity index (χ1n) is 8.80. The summed E-state index contributed by atoms with van der Waals surface area (Å²) in [6.07, 6.45) is 1.68. The highest BCUT2D eigenvalue weighted by Gasteiger charge is 2.22. The second-order valence-corrected chi connectivity index (χ2v) is 6.51. The van der Waals surface area contributed by atoms with Crippen LogP contribution in [0.5, 0.6) is 0 Å². The number of aryl methyl sites for hydroxylation is 1. The Hall–Kier alpha value is -1.59. The van der Waals surface area contributed by atoms with Crippen molar-refractivity contribution < 1.29 is 9.59 Å². The number of amides is 2. The number of carbonyl (C=O) groups is 2. The molecule has 1 rings (SSSR count). The van der Waals surface area contributed by atoms with Crippen LogP contribution >= 0.6 is 12.4 Å². The van der Waals surface area contributed by atoms with E-state index in [-0.39, 0.29) is 24.2 Å². The quantitative estimate of drug-likeness (QED) is 0.555. The van der Waals surface area contributed by atoms with Crippen molar-refractivity contribution in [2.45, 2.75) is 46.6 Å². The Morgan fingerprint density at radius 2 is 1.76 bits per heavy atom. The zero-order valence-corrected chi connectivity index (χ0v) is 16.5. The number of nitrogens with one attached hydrogen (secondary N) is 3. The van der Waals surface area contributed by atoms with Gasteiger partial charge in [-0.05, 0) is 43.9 Å². The van der Waals surface area contributed by atoms with Crippen LogP contribution in [0, 0.1) is 12.8 Å². The summed E-state index contributed by atoms with van der Waals surface area (Å²) in [5.74, 6) is -0.00178. The van der Waals surface area contributed by atoms with E-state index in [1.54, 1.807) is 6.07 Å². The third kappa shape index (κ3) is 8.89. The van der Waals surface area contributed by atoms with Crippen molar-refractivity contribution >= 4 is 24.2 Å². The van der Waals surface area contributed by atoms with Crippen molar-refractivity contribution in [2.75, 3.05) is 19.6 Å². The van der Waals surface area contributed by atoms with Gasteiger partial charge in [-0.1, -0.05) is 39.0 Å². The van der Waals surface area contributed by atoms with Gasteiger partial charge in [0.2, 0.25) is 5.91 Å². The van der Waals surface area contributed by atoms with E-state index >= 15 is 0 Å². The lowest BCUT2D eigenvalue weighted by atomic mass is 10.0. The third-order valence-corrected chi connectivity index (χ3v) is 3.75. The van der Waals surface area contributed by atoms with Gasteiger partial charge in [-0.2, -0.15) is 0 Å². The minimum atomic E-state index is -0.511. The molecule has 0 heterocycles. The SMILES string of the molecule is CCCNCCNC(=O)C(CC(C)C)NC(=O)c1ccccc1C.Cl. The van der Waals surface area contributed by atoms with E-state index in [0.717, 1.165) is 25.1 Å². The Morgan fingerprint density at radius 3 is 2.36 bits per heavy atom. The van der Waals surface area contributed by atoms with Gasteiger partial charge in [-0.15, -0.1) is 12.4 Å². The molecule has 142 valence electrons. The zero-order valence-electron chi connectivity index (χ0n) is 15.7. The molecular formula is C19H32ClN3O2. The molecule has 0 saturated carbocycles. The van der Waals surface area contributed by atoms with Gasteiger partial charge in [0.1, 0.15) is 6.04 Å². The average molecular weight is 370 g/mol. The smallest absolute Gasteiger partial charge is 0.252 e. The molecule has 25 heavy (non-hydrogen) atoms. The van der Waals surface area contributed by atoms with Gasteiger partial charge in [0.15, 0.2) is 0 Å². The molecule has 1 unspecified atom stereocenters. The highest BCUT2D eigenvalue weighted by molar-refractivity contribution is 5.98. The van der Waals surface area contributed by atoms with E-state index in [1.165, 1.54) is 0 Å². The van der Waals surface area contributed by atoms with E-state index in [4.69, 9.17) is 0 Å². The third-order valence-electron chi connectivity index (χ3n) is 3.75. The van der Waals surface area contributed by atoms with E-state index in [1.807, 2.05) is 39.0 Å². The highest BCUT2D eigenvalue weighted by atomic mass is 35.5. The maximum absolute atomic E-state index is 12.5. The second-order valence-electron chi connectivity index (χ2n) is 6.51. The largest absolute Gasteiger partial charge is 0.353 e. The number of benzene rings is 1. The van der Waals surface area contributed by atoms with Crippen molar-refractivity contribution in [1.29, 1.82) is 0 Å². The number of carbonyl (C=O) groups excluding carboxylic acids is 2. The van der Waals surface area contributed by atoms with Gasteiger partial charge in [-0.25, -0.2) is 0 Å². The van der Waals surface area contributed by atoms with Crippen molar-refractivity contribution in [3.8, 4) is 0 Å². The van der Waals surface area contributed by atoms with Crippen LogP contribution in [0.25, 0.3) is 0 Å². The molecule has 0 fully saturated rings.